The van der Waals surface area contributed by atoms with Gasteiger partial charge in [-0.1, -0.05) is 0 Å². The maximum absolute atomic E-state index is 5.44. The van der Waals surface area contributed by atoms with Crippen molar-refractivity contribution in [2.45, 2.75) is 13.8 Å². The minimum atomic E-state index is -1.04. The van der Waals surface area contributed by atoms with Gasteiger partial charge in [0.15, 0.2) is 0 Å². The van der Waals surface area contributed by atoms with Crippen LogP contribution in [0.1, 0.15) is 13.8 Å². The Hall–Kier alpha value is -0.830. The Morgan fingerprint density at radius 1 is 1.06 bits per heavy atom. The third kappa shape index (κ3) is 4.35. The lowest BCUT2D eigenvalue weighted by molar-refractivity contribution is 0.273. The van der Waals surface area contributed by atoms with E-state index >= 15 is 0 Å². The van der Waals surface area contributed by atoms with Crippen molar-refractivity contribution >= 4 is 14.2 Å². The first kappa shape index (κ1) is 13.2. The topological polar surface area (TPSA) is 39.7 Å². The highest BCUT2D eigenvalue weighted by Gasteiger charge is 2.08. The molecule has 0 aromatic heterocycles. The van der Waals surface area contributed by atoms with Gasteiger partial charge >= 0.3 is 0 Å². The van der Waals surface area contributed by atoms with Crippen LogP contribution in [0.2, 0.25) is 0 Å². The van der Waals surface area contributed by atoms with Crippen LogP contribution in [0.15, 0.2) is 24.3 Å². The largest absolute Gasteiger partial charge is 0.497 e. The Kier molecular flexibility index (Phi) is 6.16. The van der Waals surface area contributed by atoms with Gasteiger partial charge in [-0.3, -0.25) is 0 Å². The molecular formula is C11H18NO3P. The molecule has 0 fully saturated rings. The van der Waals surface area contributed by atoms with Gasteiger partial charge in [0.25, 0.3) is 8.53 Å². The van der Waals surface area contributed by atoms with Crippen molar-refractivity contribution in [1.29, 1.82) is 0 Å². The maximum Gasteiger partial charge on any atom is 0.287 e. The predicted octanol–water partition coefficient (Wildman–Crippen LogP) is 3.41. The summed E-state index contributed by atoms with van der Waals surface area (Å²) in [6, 6.07) is 7.67. The molecule has 0 saturated heterocycles. The molecule has 0 unspecified atom stereocenters. The van der Waals surface area contributed by atoms with Gasteiger partial charge in [-0.15, -0.1) is 0 Å². The lowest BCUT2D eigenvalue weighted by Crippen LogP contribution is -1.99. The van der Waals surface area contributed by atoms with Gasteiger partial charge in [0.1, 0.15) is 5.75 Å². The second-order valence-corrected chi connectivity index (χ2v) is 4.19. The maximum atomic E-state index is 5.44. The minimum Gasteiger partial charge on any atom is -0.497 e. The number of nitrogens with one attached hydrogen (secondary N) is 1. The molecule has 4 nitrogen and oxygen atoms in total. The second-order valence-electron chi connectivity index (χ2n) is 2.93. The SMILES string of the molecule is CCOP(Nc1ccc(OC)cc1)OCC. The molecule has 0 aliphatic heterocycles. The van der Waals surface area contributed by atoms with Crippen molar-refractivity contribution in [3.63, 3.8) is 0 Å². The van der Waals surface area contributed by atoms with Crippen LogP contribution in [0, 0.1) is 0 Å². The van der Waals surface area contributed by atoms with Gasteiger partial charge in [0, 0.05) is 5.69 Å². The molecule has 0 atom stereocenters. The van der Waals surface area contributed by atoms with Crippen molar-refractivity contribution in [2.24, 2.45) is 0 Å². The van der Waals surface area contributed by atoms with E-state index in [1.807, 2.05) is 38.1 Å². The zero-order valence-corrected chi connectivity index (χ0v) is 10.8. The Labute approximate surface area is 97.9 Å². The van der Waals surface area contributed by atoms with Crippen LogP contribution < -0.4 is 9.82 Å². The monoisotopic (exact) mass is 243 g/mol. The Morgan fingerprint density at radius 3 is 2.06 bits per heavy atom. The highest BCUT2D eigenvalue weighted by Crippen LogP contribution is 2.38. The second kappa shape index (κ2) is 7.44. The van der Waals surface area contributed by atoms with E-state index in [4.69, 9.17) is 13.8 Å². The first-order valence-corrected chi connectivity index (χ1v) is 6.44. The summed E-state index contributed by atoms with van der Waals surface area (Å²) in [5.41, 5.74) is 0.966. The van der Waals surface area contributed by atoms with E-state index in [0.717, 1.165) is 11.4 Å². The molecule has 0 heterocycles. The predicted molar refractivity (Wildman–Crippen MR) is 66.8 cm³/mol. The number of hydrogen-bond donors (Lipinski definition) is 1. The van der Waals surface area contributed by atoms with Crippen LogP contribution in [0.3, 0.4) is 0 Å². The third-order valence-corrected chi connectivity index (χ3v) is 3.23. The fraction of sp³-hybridized carbons (Fsp3) is 0.455. The summed E-state index contributed by atoms with van der Waals surface area (Å²) >= 11 is 0. The summed E-state index contributed by atoms with van der Waals surface area (Å²) < 4.78 is 16.0. The summed E-state index contributed by atoms with van der Waals surface area (Å²) in [6.45, 7) is 5.16. The van der Waals surface area contributed by atoms with Crippen LogP contribution in [-0.4, -0.2) is 20.3 Å². The average Bonchev–Trinajstić information content (AvgIpc) is 2.31. The molecular weight excluding hydrogens is 225 g/mol. The number of ether oxygens (including phenoxy) is 1. The quantitative estimate of drug-likeness (QED) is 0.745. The smallest absolute Gasteiger partial charge is 0.287 e. The molecule has 90 valence electrons. The van der Waals surface area contributed by atoms with Crippen LogP contribution in [-0.2, 0) is 9.05 Å². The van der Waals surface area contributed by atoms with Crippen LogP contribution in [0.25, 0.3) is 0 Å². The molecule has 1 aromatic carbocycles. The highest BCUT2D eigenvalue weighted by molar-refractivity contribution is 7.48. The number of hydrogen-bond acceptors (Lipinski definition) is 4. The van der Waals surface area contributed by atoms with Gasteiger partial charge in [0.05, 0.1) is 20.3 Å². The fourth-order valence-electron chi connectivity index (χ4n) is 1.11. The molecule has 0 saturated carbocycles. The van der Waals surface area contributed by atoms with E-state index in [0.29, 0.717) is 13.2 Å². The molecule has 0 aliphatic carbocycles. The summed E-state index contributed by atoms with van der Waals surface area (Å²) in [7, 11) is 0.607. The van der Waals surface area contributed by atoms with Crippen molar-refractivity contribution in [1.82, 2.24) is 0 Å². The number of methoxy groups -OCH3 is 1. The highest BCUT2D eigenvalue weighted by atomic mass is 31.2. The molecule has 0 amide bonds. The Bertz CT molecular complexity index is 286. The van der Waals surface area contributed by atoms with Crippen molar-refractivity contribution in [2.75, 3.05) is 25.4 Å². The van der Waals surface area contributed by atoms with E-state index in [1.54, 1.807) is 7.11 Å². The van der Waals surface area contributed by atoms with E-state index in [2.05, 4.69) is 5.09 Å². The average molecular weight is 243 g/mol. The van der Waals surface area contributed by atoms with E-state index in [-0.39, 0.29) is 0 Å². The van der Waals surface area contributed by atoms with Gasteiger partial charge in [-0.25, -0.2) is 0 Å². The van der Waals surface area contributed by atoms with Crippen LogP contribution in [0.5, 0.6) is 5.75 Å². The van der Waals surface area contributed by atoms with Crippen LogP contribution >= 0.6 is 8.53 Å². The van der Waals surface area contributed by atoms with E-state index in [1.165, 1.54) is 0 Å². The lowest BCUT2D eigenvalue weighted by Gasteiger charge is -2.17. The van der Waals surface area contributed by atoms with Crippen molar-refractivity contribution in [3.05, 3.63) is 24.3 Å². The summed E-state index contributed by atoms with van der Waals surface area (Å²) in [4.78, 5) is 0. The number of rotatable bonds is 7. The first-order chi connectivity index (χ1) is 7.80. The molecule has 1 N–H and O–H groups in total. The van der Waals surface area contributed by atoms with Gasteiger partial charge < -0.3 is 18.9 Å². The van der Waals surface area contributed by atoms with Crippen LogP contribution in [0.4, 0.5) is 5.69 Å². The fourth-order valence-corrected chi connectivity index (χ4v) is 2.14. The number of anilines is 1. The lowest BCUT2D eigenvalue weighted by atomic mass is 10.3. The van der Waals surface area contributed by atoms with Gasteiger partial charge in [-0.2, -0.15) is 0 Å². The summed E-state index contributed by atoms with van der Waals surface area (Å²) in [5.74, 6) is 0.836. The molecule has 0 spiro atoms. The van der Waals surface area contributed by atoms with Gasteiger partial charge in [-0.05, 0) is 38.1 Å². The molecule has 16 heavy (non-hydrogen) atoms. The third-order valence-electron chi connectivity index (χ3n) is 1.80. The van der Waals surface area contributed by atoms with Crippen molar-refractivity contribution in [3.8, 4) is 5.75 Å². The Balaban J connectivity index is 2.54. The zero-order valence-electron chi connectivity index (χ0n) is 9.90. The van der Waals surface area contributed by atoms with E-state index < -0.39 is 8.53 Å². The number of benzene rings is 1. The molecule has 0 aliphatic rings. The molecule has 1 rings (SSSR count). The van der Waals surface area contributed by atoms with Crippen molar-refractivity contribution < 1.29 is 13.8 Å². The Morgan fingerprint density at radius 2 is 1.62 bits per heavy atom. The standard InChI is InChI=1S/C11H18NO3P/c1-4-14-16(15-5-2)12-10-6-8-11(13-3)9-7-10/h6-9,12H,4-5H2,1-3H3. The normalized spacial score (nSPS) is 10.5. The molecule has 0 radical (unpaired) electrons. The zero-order chi connectivity index (χ0) is 11.8. The summed E-state index contributed by atoms with van der Waals surface area (Å²) in [6.07, 6.45) is 0. The molecule has 1 aromatic rings. The summed E-state index contributed by atoms with van der Waals surface area (Å²) in [5, 5.41) is 3.20. The minimum absolute atomic E-state index is 0.634. The van der Waals surface area contributed by atoms with Gasteiger partial charge in [0.2, 0.25) is 0 Å². The molecule has 0 bridgehead atoms. The molecule has 5 heteroatoms. The van der Waals surface area contributed by atoms with E-state index in [9.17, 15) is 0 Å². The first-order valence-electron chi connectivity index (χ1n) is 5.26.